The number of hydrogen-bond acceptors (Lipinski definition) is 1. The lowest BCUT2D eigenvalue weighted by molar-refractivity contribution is -0.677. The molecule has 0 radical (unpaired) electrons. The predicted octanol–water partition coefficient (Wildman–Crippen LogP) is 2.58. The predicted molar refractivity (Wildman–Crippen MR) is 109 cm³/mol. The van der Waals surface area contributed by atoms with Crippen LogP contribution in [0.1, 0.15) is 57.1 Å². The average Bonchev–Trinajstić information content (AvgIpc) is 2.56. The fourth-order valence-electron chi connectivity index (χ4n) is 3.25. The number of hydrogen-bond donors (Lipinski definition) is 1. The second kappa shape index (κ2) is 12.3. The molecule has 0 aliphatic rings. The quantitative estimate of drug-likeness (QED) is 0.209. The summed E-state index contributed by atoms with van der Waals surface area (Å²) >= 11 is 2.47. The number of benzene rings is 1. The summed E-state index contributed by atoms with van der Waals surface area (Å²) in [6.07, 6.45) is 11.0. The van der Waals surface area contributed by atoms with Gasteiger partial charge in [0.1, 0.15) is 6.54 Å². The van der Waals surface area contributed by atoms with Gasteiger partial charge in [-0.2, -0.15) is 4.57 Å². The van der Waals surface area contributed by atoms with Crippen LogP contribution in [0.4, 0.5) is 5.69 Å². The van der Waals surface area contributed by atoms with Crippen LogP contribution >= 0.6 is 22.6 Å². The van der Waals surface area contributed by atoms with Crippen LogP contribution in [-0.4, -0.2) is 4.43 Å². The van der Waals surface area contributed by atoms with E-state index in [4.69, 9.17) is 5.73 Å². The van der Waals surface area contributed by atoms with Crippen LogP contribution in [0.2, 0.25) is 0 Å². The van der Waals surface area contributed by atoms with Crippen molar-refractivity contribution in [2.24, 2.45) is 0 Å². The zero-order valence-electron chi connectivity index (χ0n) is 14.7. The van der Waals surface area contributed by atoms with E-state index in [2.05, 4.69) is 64.4 Å². The summed E-state index contributed by atoms with van der Waals surface area (Å²) in [5.74, 6) is 0. The number of nitrogens with zero attached hydrogens (tertiary/aromatic N) is 1. The first-order valence-corrected chi connectivity index (χ1v) is 10.5. The number of pyridine rings is 1. The van der Waals surface area contributed by atoms with E-state index in [1.54, 1.807) is 0 Å². The highest BCUT2D eigenvalue weighted by atomic mass is 127. The summed E-state index contributed by atoms with van der Waals surface area (Å²) in [6.45, 7) is 3.26. The lowest BCUT2D eigenvalue weighted by Crippen LogP contribution is -3.00. The van der Waals surface area contributed by atoms with E-state index in [9.17, 15) is 0 Å². The van der Waals surface area contributed by atoms with Gasteiger partial charge >= 0.3 is 0 Å². The van der Waals surface area contributed by atoms with Gasteiger partial charge in [0, 0.05) is 25.5 Å². The molecule has 134 valence electrons. The van der Waals surface area contributed by atoms with Crippen LogP contribution in [0.5, 0.6) is 0 Å². The van der Waals surface area contributed by atoms with Crippen LogP contribution in [0.15, 0.2) is 30.3 Å². The third-order valence-electron chi connectivity index (χ3n) is 4.56. The molecular weight excluding hydrogens is 522 g/mol. The SMILES string of the molecule is Cc1cc(N)c2ccccc2[n+]1CCCCCCCCCCI.[I-]. The topological polar surface area (TPSA) is 29.9 Å². The van der Waals surface area contributed by atoms with Crippen LogP contribution in [0.3, 0.4) is 0 Å². The Balaban J connectivity index is 0.00000288. The van der Waals surface area contributed by atoms with Gasteiger partial charge in [0.2, 0.25) is 5.52 Å². The summed E-state index contributed by atoms with van der Waals surface area (Å²) < 4.78 is 3.73. The number of anilines is 1. The van der Waals surface area contributed by atoms with Crippen LogP contribution in [0, 0.1) is 6.92 Å². The first-order valence-electron chi connectivity index (χ1n) is 8.97. The fourth-order valence-corrected chi connectivity index (χ4v) is 3.79. The Kier molecular flexibility index (Phi) is 11.2. The van der Waals surface area contributed by atoms with Crippen molar-refractivity contribution in [1.29, 1.82) is 0 Å². The zero-order chi connectivity index (χ0) is 16.5. The van der Waals surface area contributed by atoms with Gasteiger partial charge in [-0.05, 0) is 23.3 Å². The minimum Gasteiger partial charge on any atom is -1.00 e. The van der Waals surface area contributed by atoms with E-state index in [1.807, 2.05) is 0 Å². The molecule has 0 saturated heterocycles. The second-order valence-corrected chi connectivity index (χ2v) is 7.51. The zero-order valence-corrected chi connectivity index (χ0v) is 19.1. The third-order valence-corrected chi connectivity index (χ3v) is 5.32. The molecule has 0 spiro atoms. The van der Waals surface area contributed by atoms with Crippen molar-refractivity contribution >= 4 is 39.2 Å². The second-order valence-electron chi connectivity index (χ2n) is 6.43. The van der Waals surface area contributed by atoms with Gasteiger partial charge in [-0.1, -0.05) is 66.8 Å². The average molecular weight is 552 g/mol. The van der Waals surface area contributed by atoms with Crippen LogP contribution in [-0.2, 0) is 6.54 Å². The van der Waals surface area contributed by atoms with E-state index < -0.39 is 0 Å². The highest BCUT2D eigenvalue weighted by molar-refractivity contribution is 14.1. The Morgan fingerprint density at radius 2 is 1.50 bits per heavy atom. The first kappa shape index (κ1) is 21.9. The van der Waals surface area contributed by atoms with Crippen molar-refractivity contribution in [1.82, 2.24) is 0 Å². The summed E-state index contributed by atoms with van der Waals surface area (Å²) in [5.41, 5.74) is 9.58. The van der Waals surface area contributed by atoms with Gasteiger partial charge in [-0.15, -0.1) is 0 Å². The number of nitrogen functional groups attached to an aromatic ring is 1. The molecule has 0 aliphatic heterocycles. The largest absolute Gasteiger partial charge is 1.00 e. The molecule has 1 aromatic heterocycles. The highest BCUT2D eigenvalue weighted by Gasteiger charge is 2.14. The molecule has 0 unspecified atom stereocenters. The number of aromatic nitrogens is 1. The van der Waals surface area contributed by atoms with Crippen molar-refractivity contribution in [3.63, 3.8) is 0 Å². The molecular formula is C20H30I2N2. The van der Waals surface area contributed by atoms with Gasteiger partial charge in [-0.25, -0.2) is 0 Å². The molecule has 4 heteroatoms. The maximum atomic E-state index is 6.16. The number of para-hydroxylation sites is 1. The molecule has 0 amide bonds. The molecule has 1 heterocycles. The lowest BCUT2D eigenvalue weighted by atomic mass is 10.1. The van der Waals surface area contributed by atoms with E-state index >= 15 is 0 Å². The van der Waals surface area contributed by atoms with Crippen molar-refractivity contribution in [3.8, 4) is 0 Å². The van der Waals surface area contributed by atoms with Crippen LogP contribution in [0.25, 0.3) is 10.9 Å². The third kappa shape index (κ3) is 6.65. The summed E-state index contributed by atoms with van der Waals surface area (Å²) in [6, 6.07) is 10.6. The van der Waals surface area contributed by atoms with Crippen molar-refractivity contribution < 1.29 is 28.5 Å². The van der Waals surface area contributed by atoms with Crippen molar-refractivity contribution in [2.45, 2.75) is 64.8 Å². The molecule has 0 saturated carbocycles. The number of nitrogens with two attached hydrogens (primary N) is 1. The van der Waals surface area contributed by atoms with Gasteiger partial charge in [-0.3, -0.25) is 0 Å². The number of halogens is 2. The fraction of sp³-hybridized carbons (Fsp3) is 0.550. The number of unbranched alkanes of at least 4 members (excludes halogenated alkanes) is 7. The van der Waals surface area contributed by atoms with Crippen molar-refractivity contribution in [3.05, 3.63) is 36.0 Å². The molecule has 2 nitrogen and oxygen atoms in total. The molecule has 24 heavy (non-hydrogen) atoms. The monoisotopic (exact) mass is 552 g/mol. The Bertz CT molecular complexity index is 614. The smallest absolute Gasteiger partial charge is 0.214 e. The number of alkyl halides is 1. The normalized spacial score (nSPS) is 10.8. The molecule has 1 aromatic carbocycles. The summed E-state index contributed by atoms with van der Waals surface area (Å²) in [7, 11) is 0. The van der Waals surface area contributed by atoms with E-state index in [0.29, 0.717) is 0 Å². The Morgan fingerprint density at radius 3 is 2.17 bits per heavy atom. The molecule has 2 N–H and O–H groups in total. The lowest BCUT2D eigenvalue weighted by Gasteiger charge is -2.07. The standard InChI is InChI=1S/C20H29IN2.HI/c1-17-16-19(22)18-12-8-9-13-20(18)23(17)15-11-7-5-3-2-4-6-10-14-21;/h8-9,12-13,16,22H,2-7,10-11,14-15H2,1H3;1H. The highest BCUT2D eigenvalue weighted by Crippen LogP contribution is 2.19. The van der Waals surface area contributed by atoms with Gasteiger partial charge in [0.25, 0.3) is 0 Å². The maximum Gasteiger partial charge on any atom is 0.214 e. The van der Waals surface area contributed by atoms with Gasteiger partial charge in [0.15, 0.2) is 5.69 Å². The first-order chi connectivity index (χ1) is 11.2. The van der Waals surface area contributed by atoms with E-state index in [1.165, 1.54) is 72.4 Å². The Labute approximate surface area is 177 Å². The molecule has 2 aromatic rings. The number of rotatable bonds is 10. The maximum absolute atomic E-state index is 6.16. The molecule has 0 atom stereocenters. The Morgan fingerprint density at radius 1 is 0.917 bits per heavy atom. The van der Waals surface area contributed by atoms with Crippen LogP contribution < -0.4 is 34.3 Å². The van der Waals surface area contributed by atoms with Gasteiger partial charge in [0.05, 0.1) is 11.1 Å². The van der Waals surface area contributed by atoms with E-state index in [0.717, 1.165) is 12.2 Å². The molecule has 0 aliphatic carbocycles. The number of fused-ring (bicyclic) bond motifs is 1. The van der Waals surface area contributed by atoms with Gasteiger partial charge < -0.3 is 29.7 Å². The van der Waals surface area contributed by atoms with E-state index in [-0.39, 0.29) is 24.0 Å². The molecule has 0 fully saturated rings. The minimum absolute atomic E-state index is 0. The minimum atomic E-state index is 0. The molecule has 0 bridgehead atoms. The Hall–Kier alpha value is -0.110. The van der Waals surface area contributed by atoms with Crippen molar-refractivity contribution in [2.75, 3.05) is 10.2 Å². The number of aryl methyl sites for hydroxylation is 2. The summed E-state index contributed by atoms with van der Waals surface area (Å²) in [5, 5.41) is 1.17. The summed E-state index contributed by atoms with van der Waals surface area (Å²) in [4.78, 5) is 0. The molecule has 2 rings (SSSR count).